The first-order chi connectivity index (χ1) is 13.2. The van der Waals surface area contributed by atoms with Crippen LogP contribution in [0.4, 0.5) is 0 Å². The Labute approximate surface area is 163 Å². The number of carbonyl (C=O) groups excluding carboxylic acids is 2. The van der Waals surface area contributed by atoms with E-state index in [9.17, 15) is 9.59 Å². The van der Waals surface area contributed by atoms with Gasteiger partial charge in [0.15, 0.2) is 0 Å². The molecule has 1 aromatic heterocycles. The maximum atomic E-state index is 12.7. The Hall–Kier alpha value is -2.21. The molecule has 2 heterocycles. The van der Waals surface area contributed by atoms with Gasteiger partial charge in [0.2, 0.25) is 11.8 Å². The lowest BCUT2D eigenvalue weighted by Gasteiger charge is -2.32. The average Bonchev–Trinajstić information content (AvgIpc) is 3.40. The van der Waals surface area contributed by atoms with Gasteiger partial charge in [-0.3, -0.25) is 9.59 Å². The van der Waals surface area contributed by atoms with Crippen LogP contribution in [0, 0.1) is 5.92 Å². The molecule has 1 aliphatic heterocycles. The molecular weight excluding hydrogens is 358 g/mol. The lowest BCUT2D eigenvalue weighted by molar-refractivity contribution is -0.135. The number of benzene rings is 1. The zero-order chi connectivity index (χ0) is 18.6. The molecule has 4 rings (SSSR count). The SMILES string of the molecule is O=C(NC1CC1)C1CCCN(C(=O)Cc2csc(Cc3ccccc3)n2)C1. The highest BCUT2D eigenvalue weighted by atomic mass is 32.1. The first-order valence-corrected chi connectivity index (χ1v) is 10.6. The molecule has 142 valence electrons. The normalized spacial score (nSPS) is 19.7. The van der Waals surface area contributed by atoms with Crippen LogP contribution >= 0.6 is 11.3 Å². The Morgan fingerprint density at radius 1 is 1.19 bits per heavy atom. The molecule has 0 radical (unpaired) electrons. The van der Waals surface area contributed by atoms with Crippen LogP contribution < -0.4 is 5.32 Å². The molecular formula is C21H25N3O2S. The molecule has 1 aromatic carbocycles. The van der Waals surface area contributed by atoms with E-state index in [2.05, 4.69) is 22.4 Å². The van der Waals surface area contributed by atoms with Gasteiger partial charge >= 0.3 is 0 Å². The van der Waals surface area contributed by atoms with E-state index in [1.807, 2.05) is 28.5 Å². The minimum atomic E-state index is -0.0626. The van der Waals surface area contributed by atoms with Crippen LogP contribution in [0.2, 0.25) is 0 Å². The number of piperidine rings is 1. The summed E-state index contributed by atoms with van der Waals surface area (Å²) in [7, 11) is 0. The largest absolute Gasteiger partial charge is 0.353 e. The van der Waals surface area contributed by atoms with Gasteiger partial charge in [-0.15, -0.1) is 11.3 Å². The van der Waals surface area contributed by atoms with E-state index < -0.39 is 0 Å². The molecule has 1 N–H and O–H groups in total. The predicted octanol–water partition coefficient (Wildman–Crippen LogP) is 2.79. The number of carbonyl (C=O) groups is 2. The van der Waals surface area contributed by atoms with Crippen LogP contribution in [0.3, 0.4) is 0 Å². The van der Waals surface area contributed by atoms with E-state index >= 15 is 0 Å². The number of likely N-dealkylation sites (tertiary alicyclic amines) is 1. The van der Waals surface area contributed by atoms with Crippen LogP contribution in [0.25, 0.3) is 0 Å². The summed E-state index contributed by atoms with van der Waals surface area (Å²) in [6.07, 6.45) is 5.08. The molecule has 1 saturated heterocycles. The second kappa shape index (κ2) is 8.21. The topological polar surface area (TPSA) is 62.3 Å². The third-order valence-electron chi connectivity index (χ3n) is 5.20. The molecule has 0 bridgehead atoms. The van der Waals surface area contributed by atoms with Crippen molar-refractivity contribution in [2.45, 2.75) is 44.6 Å². The summed E-state index contributed by atoms with van der Waals surface area (Å²) in [5.74, 6) is 0.136. The summed E-state index contributed by atoms with van der Waals surface area (Å²) in [4.78, 5) is 31.5. The lowest BCUT2D eigenvalue weighted by atomic mass is 9.96. The molecule has 2 amide bonds. The Morgan fingerprint density at radius 2 is 2.00 bits per heavy atom. The van der Waals surface area contributed by atoms with Crippen molar-refractivity contribution in [3.8, 4) is 0 Å². The fourth-order valence-electron chi connectivity index (χ4n) is 3.51. The first kappa shape index (κ1) is 18.2. The van der Waals surface area contributed by atoms with Gasteiger partial charge in [0.05, 0.1) is 23.0 Å². The van der Waals surface area contributed by atoms with E-state index in [-0.39, 0.29) is 17.7 Å². The van der Waals surface area contributed by atoms with Crippen molar-refractivity contribution in [1.82, 2.24) is 15.2 Å². The molecule has 2 aromatic rings. The molecule has 1 saturated carbocycles. The molecule has 1 aliphatic carbocycles. The number of hydrogen-bond donors (Lipinski definition) is 1. The van der Waals surface area contributed by atoms with Gasteiger partial charge in [0, 0.05) is 30.9 Å². The third kappa shape index (κ3) is 4.95. The van der Waals surface area contributed by atoms with Crippen molar-refractivity contribution < 1.29 is 9.59 Å². The molecule has 2 aliphatic rings. The number of rotatable bonds is 6. The predicted molar refractivity (Wildman–Crippen MR) is 106 cm³/mol. The molecule has 27 heavy (non-hydrogen) atoms. The van der Waals surface area contributed by atoms with Gasteiger partial charge < -0.3 is 10.2 Å². The lowest BCUT2D eigenvalue weighted by Crippen LogP contribution is -2.46. The summed E-state index contributed by atoms with van der Waals surface area (Å²) in [6.45, 7) is 1.28. The summed E-state index contributed by atoms with van der Waals surface area (Å²) in [5.41, 5.74) is 2.06. The highest BCUT2D eigenvalue weighted by Gasteiger charge is 2.32. The van der Waals surface area contributed by atoms with Gasteiger partial charge in [-0.1, -0.05) is 30.3 Å². The number of amides is 2. The maximum Gasteiger partial charge on any atom is 0.228 e. The molecule has 6 heteroatoms. The van der Waals surface area contributed by atoms with Crippen LogP contribution in [0.1, 0.15) is 41.9 Å². The molecule has 5 nitrogen and oxygen atoms in total. The Balaban J connectivity index is 1.31. The summed E-state index contributed by atoms with van der Waals surface area (Å²) < 4.78 is 0. The number of hydrogen-bond acceptors (Lipinski definition) is 4. The van der Waals surface area contributed by atoms with Crippen molar-refractivity contribution in [1.29, 1.82) is 0 Å². The van der Waals surface area contributed by atoms with Gasteiger partial charge in [0.1, 0.15) is 0 Å². The second-order valence-corrected chi connectivity index (χ2v) is 8.48. The molecule has 2 fully saturated rings. The van der Waals surface area contributed by atoms with E-state index in [0.717, 1.165) is 49.4 Å². The summed E-state index contributed by atoms with van der Waals surface area (Å²) in [5, 5.41) is 6.09. The van der Waals surface area contributed by atoms with Crippen LogP contribution in [0.15, 0.2) is 35.7 Å². The van der Waals surface area contributed by atoms with E-state index in [4.69, 9.17) is 0 Å². The monoisotopic (exact) mass is 383 g/mol. The van der Waals surface area contributed by atoms with Gasteiger partial charge in [0.25, 0.3) is 0 Å². The number of nitrogens with zero attached hydrogens (tertiary/aromatic N) is 2. The third-order valence-corrected chi connectivity index (χ3v) is 6.10. The van der Waals surface area contributed by atoms with E-state index in [1.165, 1.54) is 5.56 Å². The smallest absolute Gasteiger partial charge is 0.228 e. The second-order valence-electron chi connectivity index (χ2n) is 7.53. The van der Waals surface area contributed by atoms with Crippen LogP contribution in [0.5, 0.6) is 0 Å². The molecule has 1 atom stereocenters. The van der Waals surface area contributed by atoms with Gasteiger partial charge in [-0.25, -0.2) is 4.98 Å². The Morgan fingerprint density at radius 3 is 2.78 bits per heavy atom. The van der Waals surface area contributed by atoms with Gasteiger partial charge in [-0.05, 0) is 31.2 Å². The van der Waals surface area contributed by atoms with Crippen LogP contribution in [-0.2, 0) is 22.4 Å². The fourth-order valence-corrected chi connectivity index (χ4v) is 4.34. The van der Waals surface area contributed by atoms with E-state index in [1.54, 1.807) is 11.3 Å². The highest BCUT2D eigenvalue weighted by molar-refractivity contribution is 7.09. The van der Waals surface area contributed by atoms with Crippen molar-refractivity contribution in [2.75, 3.05) is 13.1 Å². The minimum Gasteiger partial charge on any atom is -0.353 e. The maximum absolute atomic E-state index is 12.7. The zero-order valence-corrected chi connectivity index (χ0v) is 16.2. The summed E-state index contributed by atoms with van der Waals surface area (Å²) >= 11 is 1.61. The quantitative estimate of drug-likeness (QED) is 0.834. The molecule has 1 unspecified atom stereocenters. The van der Waals surface area contributed by atoms with Crippen LogP contribution in [-0.4, -0.2) is 40.8 Å². The van der Waals surface area contributed by atoms with E-state index in [0.29, 0.717) is 19.0 Å². The fraction of sp³-hybridized carbons (Fsp3) is 0.476. The average molecular weight is 384 g/mol. The highest BCUT2D eigenvalue weighted by Crippen LogP contribution is 2.23. The Bertz CT molecular complexity index is 801. The number of aromatic nitrogens is 1. The van der Waals surface area contributed by atoms with Crippen molar-refractivity contribution in [3.05, 3.63) is 52.0 Å². The number of thiazole rings is 1. The standard InChI is InChI=1S/C21H25N3O2S/c25-20(24-10-4-7-16(13-24)21(26)23-17-8-9-17)12-18-14-27-19(22-18)11-15-5-2-1-3-6-15/h1-3,5-6,14,16-17H,4,7-13H2,(H,23,26). The van der Waals surface area contributed by atoms with Crippen molar-refractivity contribution >= 4 is 23.2 Å². The number of nitrogens with one attached hydrogen (secondary N) is 1. The molecule has 0 spiro atoms. The zero-order valence-electron chi connectivity index (χ0n) is 15.4. The minimum absolute atomic E-state index is 0.0626. The van der Waals surface area contributed by atoms with Crippen molar-refractivity contribution in [3.63, 3.8) is 0 Å². The Kier molecular flexibility index (Phi) is 5.53. The van der Waals surface area contributed by atoms with Crippen molar-refractivity contribution in [2.24, 2.45) is 5.92 Å². The van der Waals surface area contributed by atoms with Gasteiger partial charge in [-0.2, -0.15) is 0 Å². The first-order valence-electron chi connectivity index (χ1n) is 9.73. The summed E-state index contributed by atoms with van der Waals surface area (Å²) in [6, 6.07) is 10.6.